The van der Waals surface area contributed by atoms with Crippen LogP contribution in [0.2, 0.25) is 5.02 Å². The second kappa shape index (κ2) is 6.55. The Morgan fingerprint density at radius 2 is 1.89 bits per heavy atom. The summed E-state index contributed by atoms with van der Waals surface area (Å²) in [5.74, 6) is 0.890. The molecule has 0 atom stereocenters. The van der Waals surface area contributed by atoms with Gasteiger partial charge in [0.05, 0.1) is 5.02 Å². The summed E-state index contributed by atoms with van der Waals surface area (Å²) in [6.07, 6.45) is 2.58. The van der Waals surface area contributed by atoms with Crippen molar-refractivity contribution in [3.05, 3.63) is 53.2 Å². The predicted octanol–water partition coefficient (Wildman–Crippen LogP) is 3.53. The Morgan fingerprint density at radius 1 is 1.16 bits per heavy atom. The zero-order valence-electron chi connectivity index (χ0n) is 11.0. The Kier molecular flexibility index (Phi) is 4.77. The lowest BCUT2D eigenvalue weighted by molar-refractivity contribution is 0.810. The normalized spacial score (nSPS) is 10.5. The van der Waals surface area contributed by atoms with Gasteiger partial charge in [0.25, 0.3) is 0 Å². The van der Waals surface area contributed by atoms with E-state index in [4.69, 9.17) is 17.3 Å². The summed E-state index contributed by atoms with van der Waals surface area (Å²) >= 11 is 5.89. The highest BCUT2D eigenvalue weighted by Crippen LogP contribution is 2.24. The summed E-state index contributed by atoms with van der Waals surface area (Å²) in [6, 6.07) is 12.2. The fourth-order valence-corrected chi connectivity index (χ4v) is 1.99. The molecule has 0 fully saturated rings. The van der Waals surface area contributed by atoms with Gasteiger partial charge in [-0.1, -0.05) is 29.3 Å². The number of hydrogen-bond donors (Lipinski definition) is 1. The number of hydrogen-bond acceptors (Lipinski definition) is 3. The summed E-state index contributed by atoms with van der Waals surface area (Å²) in [5.41, 5.74) is 7.97. The minimum absolute atomic E-state index is 0.645. The number of pyridine rings is 1. The fourth-order valence-electron chi connectivity index (χ4n) is 1.88. The monoisotopic (exact) mass is 275 g/mol. The van der Waals surface area contributed by atoms with E-state index in [1.165, 1.54) is 5.56 Å². The van der Waals surface area contributed by atoms with Gasteiger partial charge in [0.15, 0.2) is 0 Å². The SMILES string of the molecule is Cc1ccc(N(CCCN)c2ccc(Cl)cn2)cc1. The maximum absolute atomic E-state index is 5.89. The third kappa shape index (κ3) is 3.69. The van der Waals surface area contributed by atoms with Crippen LogP contribution in [0.15, 0.2) is 42.6 Å². The quantitative estimate of drug-likeness (QED) is 0.908. The highest BCUT2D eigenvalue weighted by molar-refractivity contribution is 6.30. The lowest BCUT2D eigenvalue weighted by Gasteiger charge is -2.23. The van der Waals surface area contributed by atoms with Crippen LogP contribution in [0.4, 0.5) is 11.5 Å². The molecule has 0 saturated heterocycles. The molecule has 0 aliphatic rings. The first-order valence-electron chi connectivity index (χ1n) is 6.36. The van der Waals surface area contributed by atoms with E-state index in [2.05, 4.69) is 41.1 Å². The van der Waals surface area contributed by atoms with Crippen molar-refractivity contribution in [1.82, 2.24) is 4.98 Å². The van der Waals surface area contributed by atoms with E-state index in [0.29, 0.717) is 11.6 Å². The zero-order valence-corrected chi connectivity index (χ0v) is 11.8. The molecule has 0 bridgehead atoms. The van der Waals surface area contributed by atoms with Crippen molar-refractivity contribution in [3.63, 3.8) is 0 Å². The summed E-state index contributed by atoms with van der Waals surface area (Å²) in [5, 5.41) is 0.645. The molecule has 3 nitrogen and oxygen atoms in total. The minimum atomic E-state index is 0.645. The number of anilines is 2. The third-order valence-corrected chi connectivity index (χ3v) is 3.14. The van der Waals surface area contributed by atoms with Gasteiger partial charge in [-0.2, -0.15) is 0 Å². The van der Waals surface area contributed by atoms with Crippen LogP contribution in [0.5, 0.6) is 0 Å². The maximum atomic E-state index is 5.89. The predicted molar refractivity (Wildman–Crippen MR) is 81.1 cm³/mol. The minimum Gasteiger partial charge on any atom is -0.330 e. The molecular formula is C15H18ClN3. The fraction of sp³-hybridized carbons (Fsp3) is 0.267. The van der Waals surface area contributed by atoms with Crippen LogP contribution in [0, 0.1) is 6.92 Å². The second-order valence-corrected chi connectivity index (χ2v) is 4.90. The topological polar surface area (TPSA) is 42.1 Å². The van der Waals surface area contributed by atoms with Gasteiger partial charge in [-0.05, 0) is 44.2 Å². The first-order chi connectivity index (χ1) is 9.20. The van der Waals surface area contributed by atoms with Crippen LogP contribution in [0.3, 0.4) is 0 Å². The Labute approximate surface area is 119 Å². The standard InChI is InChI=1S/C15H18ClN3/c1-12-3-6-14(7-4-12)19(10-2-9-17)15-8-5-13(16)11-18-15/h3-8,11H,2,9-10,17H2,1H3. The van der Waals surface area contributed by atoms with Crippen molar-refractivity contribution in [2.24, 2.45) is 5.73 Å². The third-order valence-electron chi connectivity index (χ3n) is 2.92. The first kappa shape index (κ1) is 13.8. The molecule has 0 aliphatic heterocycles. The molecular weight excluding hydrogens is 258 g/mol. The number of nitrogens with zero attached hydrogens (tertiary/aromatic N) is 2. The number of halogens is 1. The van der Waals surface area contributed by atoms with Gasteiger partial charge in [-0.25, -0.2) is 4.98 Å². The molecule has 2 N–H and O–H groups in total. The van der Waals surface area contributed by atoms with Crippen LogP contribution >= 0.6 is 11.6 Å². The molecule has 0 spiro atoms. The average Bonchev–Trinajstić information content (AvgIpc) is 2.43. The lowest BCUT2D eigenvalue weighted by atomic mass is 10.2. The zero-order chi connectivity index (χ0) is 13.7. The molecule has 19 heavy (non-hydrogen) atoms. The molecule has 1 aromatic heterocycles. The number of nitrogens with two attached hydrogens (primary N) is 1. The highest BCUT2D eigenvalue weighted by Gasteiger charge is 2.09. The molecule has 0 amide bonds. The van der Waals surface area contributed by atoms with Crippen LogP contribution in [-0.2, 0) is 0 Å². The van der Waals surface area contributed by atoms with Crippen LogP contribution in [0.1, 0.15) is 12.0 Å². The van der Waals surface area contributed by atoms with Crippen LogP contribution in [0.25, 0.3) is 0 Å². The Hall–Kier alpha value is -1.58. The molecule has 2 rings (SSSR count). The molecule has 100 valence electrons. The van der Waals surface area contributed by atoms with E-state index >= 15 is 0 Å². The average molecular weight is 276 g/mol. The molecule has 0 aliphatic carbocycles. The molecule has 1 aromatic carbocycles. The van der Waals surface area contributed by atoms with Crippen LogP contribution < -0.4 is 10.6 Å². The van der Waals surface area contributed by atoms with Crippen molar-refractivity contribution in [2.75, 3.05) is 18.0 Å². The number of aryl methyl sites for hydroxylation is 1. The highest BCUT2D eigenvalue weighted by atomic mass is 35.5. The molecule has 1 heterocycles. The molecule has 0 unspecified atom stereocenters. The van der Waals surface area contributed by atoms with Crippen molar-refractivity contribution >= 4 is 23.1 Å². The summed E-state index contributed by atoms with van der Waals surface area (Å²) < 4.78 is 0. The Balaban J connectivity index is 2.29. The molecule has 2 aromatic rings. The molecule has 4 heteroatoms. The first-order valence-corrected chi connectivity index (χ1v) is 6.74. The van der Waals surface area contributed by atoms with Gasteiger partial charge in [0.2, 0.25) is 0 Å². The Morgan fingerprint density at radius 3 is 2.47 bits per heavy atom. The summed E-state index contributed by atoms with van der Waals surface area (Å²) in [4.78, 5) is 6.54. The summed E-state index contributed by atoms with van der Waals surface area (Å²) in [7, 11) is 0. The van der Waals surface area contributed by atoms with E-state index in [-0.39, 0.29) is 0 Å². The van der Waals surface area contributed by atoms with E-state index < -0.39 is 0 Å². The number of aromatic nitrogens is 1. The van der Waals surface area contributed by atoms with Crippen molar-refractivity contribution in [3.8, 4) is 0 Å². The summed E-state index contributed by atoms with van der Waals surface area (Å²) in [6.45, 7) is 3.58. The second-order valence-electron chi connectivity index (χ2n) is 4.46. The van der Waals surface area contributed by atoms with Crippen LogP contribution in [-0.4, -0.2) is 18.1 Å². The Bertz CT molecular complexity index is 462. The van der Waals surface area contributed by atoms with E-state index in [1.54, 1.807) is 6.20 Å². The molecule has 0 saturated carbocycles. The van der Waals surface area contributed by atoms with Gasteiger partial charge in [-0.3, -0.25) is 0 Å². The van der Waals surface area contributed by atoms with Gasteiger partial charge in [0.1, 0.15) is 5.82 Å². The van der Waals surface area contributed by atoms with Gasteiger partial charge < -0.3 is 10.6 Å². The van der Waals surface area contributed by atoms with Crippen molar-refractivity contribution in [1.29, 1.82) is 0 Å². The largest absolute Gasteiger partial charge is 0.330 e. The van der Waals surface area contributed by atoms with E-state index in [1.807, 2.05) is 12.1 Å². The maximum Gasteiger partial charge on any atom is 0.133 e. The van der Waals surface area contributed by atoms with Crippen molar-refractivity contribution < 1.29 is 0 Å². The van der Waals surface area contributed by atoms with Crippen molar-refractivity contribution in [2.45, 2.75) is 13.3 Å². The van der Waals surface area contributed by atoms with E-state index in [9.17, 15) is 0 Å². The number of rotatable bonds is 5. The number of benzene rings is 1. The molecule has 0 radical (unpaired) electrons. The smallest absolute Gasteiger partial charge is 0.133 e. The van der Waals surface area contributed by atoms with E-state index in [0.717, 1.165) is 24.5 Å². The van der Waals surface area contributed by atoms with Gasteiger partial charge >= 0.3 is 0 Å². The van der Waals surface area contributed by atoms with Gasteiger partial charge in [0, 0.05) is 18.4 Å². The lowest BCUT2D eigenvalue weighted by Crippen LogP contribution is -2.21. The van der Waals surface area contributed by atoms with Gasteiger partial charge in [-0.15, -0.1) is 0 Å².